The van der Waals surface area contributed by atoms with Crippen molar-refractivity contribution >= 4 is 0 Å². The molecule has 0 saturated heterocycles. The molecule has 2 aromatic heterocycles. The fourth-order valence-electron chi connectivity index (χ4n) is 5.39. The van der Waals surface area contributed by atoms with Crippen LogP contribution < -0.4 is 0 Å². The Bertz CT molecular complexity index is 1980. The van der Waals surface area contributed by atoms with E-state index in [0.717, 1.165) is 68.2 Å². The van der Waals surface area contributed by atoms with Crippen LogP contribution in [-0.4, -0.2) is 30.0 Å². The van der Waals surface area contributed by atoms with Crippen molar-refractivity contribution in [2.45, 2.75) is 25.9 Å². The number of rotatable bonds is 6. The van der Waals surface area contributed by atoms with Crippen molar-refractivity contribution in [2.75, 3.05) is 0 Å². The number of aryl methyl sites for hydroxylation is 4. The van der Waals surface area contributed by atoms with Crippen LogP contribution in [0.15, 0.2) is 109 Å². The molecule has 0 unspecified atom stereocenters. The standard InChI is InChI=1S/C32H26N6/c1-3-11-23(12-4-1)19-21-37-31-27-17-9-7-15-25(27)30-32(28-18-10-8-16-26(28)29(31)33-35-37)38(36-34-30)22-20-24-13-5-2-6-14-24/h1-18H,19-22H2/b29-26+,30-25+,31-27+,32-28+. The van der Waals surface area contributed by atoms with Gasteiger partial charge in [0.25, 0.3) is 0 Å². The second kappa shape index (κ2) is 9.56. The van der Waals surface area contributed by atoms with Crippen LogP contribution in [0.1, 0.15) is 11.1 Å². The summed E-state index contributed by atoms with van der Waals surface area (Å²) >= 11 is 0. The monoisotopic (exact) mass is 494 g/mol. The fraction of sp³-hybridized carbons (Fsp3) is 0.125. The molecule has 0 N–H and O–H groups in total. The van der Waals surface area contributed by atoms with Crippen molar-refractivity contribution in [3.8, 4) is 0 Å². The molecule has 6 heteroatoms. The molecule has 1 aliphatic carbocycles. The van der Waals surface area contributed by atoms with Crippen molar-refractivity contribution < 1.29 is 0 Å². The number of aromatic nitrogens is 6. The molecular formula is C32H26N6. The van der Waals surface area contributed by atoms with Crippen LogP contribution >= 0.6 is 0 Å². The summed E-state index contributed by atoms with van der Waals surface area (Å²) in [4.78, 5) is 0. The Morgan fingerprint density at radius 1 is 0.421 bits per heavy atom. The van der Waals surface area contributed by atoms with Gasteiger partial charge in [-0.25, -0.2) is 9.36 Å². The summed E-state index contributed by atoms with van der Waals surface area (Å²) in [6, 6.07) is 37.9. The molecule has 2 heterocycles. The number of hydrogen-bond donors (Lipinski definition) is 0. The van der Waals surface area contributed by atoms with Gasteiger partial charge in [0, 0.05) is 34.0 Å². The average Bonchev–Trinajstić information content (AvgIpc) is 3.59. The van der Waals surface area contributed by atoms with E-state index in [1.165, 1.54) is 11.1 Å². The molecule has 0 atom stereocenters. The smallest absolute Gasteiger partial charge is 0.121 e. The zero-order valence-electron chi connectivity index (χ0n) is 20.9. The molecule has 7 rings (SSSR count). The predicted octanol–water partition coefficient (Wildman–Crippen LogP) is 4.82. The van der Waals surface area contributed by atoms with Gasteiger partial charge in [0.15, 0.2) is 0 Å². The molecule has 0 spiro atoms. The van der Waals surface area contributed by atoms with E-state index < -0.39 is 0 Å². The molecule has 6 aromatic rings. The van der Waals surface area contributed by atoms with E-state index in [1.807, 2.05) is 21.5 Å². The lowest BCUT2D eigenvalue weighted by atomic mass is 10.1. The van der Waals surface area contributed by atoms with E-state index in [4.69, 9.17) is 10.2 Å². The number of nitrogens with zero attached hydrogens (tertiary/aromatic N) is 6. The van der Waals surface area contributed by atoms with Gasteiger partial charge in [-0.15, -0.1) is 10.2 Å². The van der Waals surface area contributed by atoms with Gasteiger partial charge < -0.3 is 0 Å². The van der Waals surface area contributed by atoms with E-state index in [9.17, 15) is 0 Å². The average molecular weight is 495 g/mol. The Morgan fingerprint density at radius 3 is 1.21 bits per heavy atom. The third kappa shape index (κ3) is 3.91. The molecule has 1 aliphatic rings. The number of fused-ring (bicyclic) bond motifs is 4. The summed E-state index contributed by atoms with van der Waals surface area (Å²) in [5.74, 6) is 0. The quantitative estimate of drug-likeness (QED) is 0.333. The van der Waals surface area contributed by atoms with Gasteiger partial charge in [-0.3, -0.25) is 0 Å². The van der Waals surface area contributed by atoms with Crippen LogP contribution in [0.2, 0.25) is 0 Å². The number of hydrogen-bond acceptors (Lipinski definition) is 4. The van der Waals surface area contributed by atoms with E-state index in [2.05, 4.69) is 107 Å². The van der Waals surface area contributed by atoms with Crippen molar-refractivity contribution in [3.05, 3.63) is 163 Å². The van der Waals surface area contributed by atoms with E-state index >= 15 is 0 Å². The Kier molecular flexibility index (Phi) is 5.62. The summed E-state index contributed by atoms with van der Waals surface area (Å²) in [6.07, 6.45) is 1.75. The molecule has 0 aliphatic heterocycles. The summed E-state index contributed by atoms with van der Waals surface area (Å²) in [7, 11) is 0. The Hall–Kier alpha value is -4.84. The predicted molar refractivity (Wildman–Crippen MR) is 144 cm³/mol. The lowest BCUT2D eigenvalue weighted by Crippen LogP contribution is -2.06. The molecule has 0 bridgehead atoms. The highest BCUT2D eigenvalue weighted by molar-refractivity contribution is 5.23. The minimum atomic E-state index is 0.736. The number of benzene rings is 4. The van der Waals surface area contributed by atoms with E-state index in [1.54, 1.807) is 0 Å². The largest absolute Gasteiger partial charge is 0.244 e. The van der Waals surface area contributed by atoms with Crippen molar-refractivity contribution in [1.29, 1.82) is 0 Å². The maximum absolute atomic E-state index is 4.75. The summed E-state index contributed by atoms with van der Waals surface area (Å²) in [5.41, 5.74) is 2.56. The highest BCUT2D eigenvalue weighted by Crippen LogP contribution is 2.12. The van der Waals surface area contributed by atoms with Crippen LogP contribution in [-0.2, 0) is 25.9 Å². The van der Waals surface area contributed by atoms with Gasteiger partial charge in [-0.2, -0.15) is 0 Å². The molecular weight excluding hydrogens is 468 g/mol. The van der Waals surface area contributed by atoms with Gasteiger partial charge >= 0.3 is 0 Å². The first-order valence-corrected chi connectivity index (χ1v) is 13.0. The maximum atomic E-state index is 4.75. The van der Waals surface area contributed by atoms with Crippen molar-refractivity contribution in [2.24, 2.45) is 0 Å². The SMILES string of the molecule is c1ccc(CCn2nnc3/c2=c2/cccc/c2=c2\nnn(CCc4ccccc4)\c2=c2/cccc/c2=3)cc1. The minimum Gasteiger partial charge on any atom is -0.244 e. The molecule has 6 nitrogen and oxygen atoms in total. The van der Waals surface area contributed by atoms with Gasteiger partial charge in [0.1, 0.15) is 10.7 Å². The first kappa shape index (κ1) is 22.4. The molecule has 0 fully saturated rings. The lowest BCUT2D eigenvalue weighted by Gasteiger charge is -2.04. The summed E-state index contributed by atoms with van der Waals surface area (Å²) in [5, 5.41) is 26.9. The normalized spacial score (nSPS) is 15.4. The third-order valence-electron chi connectivity index (χ3n) is 7.26. The van der Waals surface area contributed by atoms with Gasteiger partial charge in [-0.1, -0.05) is 120 Å². The van der Waals surface area contributed by atoms with Crippen LogP contribution in [0.4, 0.5) is 0 Å². The van der Waals surface area contributed by atoms with Crippen LogP contribution in [0.3, 0.4) is 0 Å². The van der Waals surface area contributed by atoms with E-state index in [0.29, 0.717) is 0 Å². The van der Waals surface area contributed by atoms with E-state index in [-0.39, 0.29) is 0 Å². The minimum absolute atomic E-state index is 0.736. The van der Waals surface area contributed by atoms with Gasteiger partial charge in [-0.05, 0) is 24.0 Å². The lowest BCUT2D eigenvalue weighted by molar-refractivity contribution is 0.576. The first-order chi connectivity index (χ1) is 18.9. The molecule has 0 saturated carbocycles. The summed E-state index contributed by atoms with van der Waals surface area (Å²) < 4.78 is 4.09. The Morgan fingerprint density at radius 2 is 0.789 bits per heavy atom. The molecule has 184 valence electrons. The fourth-order valence-corrected chi connectivity index (χ4v) is 5.39. The van der Waals surface area contributed by atoms with Gasteiger partial charge in [0.2, 0.25) is 0 Å². The van der Waals surface area contributed by atoms with Crippen molar-refractivity contribution in [3.63, 3.8) is 0 Å². The topological polar surface area (TPSA) is 61.4 Å². The van der Waals surface area contributed by atoms with Crippen LogP contribution in [0, 0.1) is 42.3 Å². The maximum Gasteiger partial charge on any atom is 0.121 e. The Labute approximate surface area is 218 Å². The van der Waals surface area contributed by atoms with Crippen LogP contribution in [0.25, 0.3) is 0 Å². The second-order valence-electron chi connectivity index (χ2n) is 9.58. The van der Waals surface area contributed by atoms with Crippen molar-refractivity contribution in [1.82, 2.24) is 30.0 Å². The zero-order chi connectivity index (χ0) is 25.3. The molecule has 0 radical (unpaired) electrons. The van der Waals surface area contributed by atoms with Crippen LogP contribution in [0.5, 0.6) is 0 Å². The van der Waals surface area contributed by atoms with Gasteiger partial charge in [0.05, 0.1) is 10.7 Å². The Balaban J connectivity index is 1.55. The highest BCUT2D eigenvalue weighted by atomic mass is 15.4. The first-order valence-electron chi connectivity index (χ1n) is 13.0. The highest BCUT2D eigenvalue weighted by Gasteiger charge is 2.10. The summed E-state index contributed by atoms with van der Waals surface area (Å²) in [6.45, 7) is 1.47. The third-order valence-corrected chi connectivity index (χ3v) is 7.26. The molecule has 0 amide bonds. The zero-order valence-corrected chi connectivity index (χ0v) is 20.9. The molecule has 38 heavy (non-hydrogen) atoms. The molecule has 4 aromatic carbocycles. The second-order valence-corrected chi connectivity index (χ2v) is 9.58.